The van der Waals surface area contributed by atoms with Crippen molar-refractivity contribution in [2.75, 3.05) is 6.54 Å². The van der Waals surface area contributed by atoms with Crippen molar-refractivity contribution in [2.24, 2.45) is 17.3 Å². The Bertz CT molecular complexity index is 204. The Kier molecular flexibility index (Phi) is 6.70. The van der Waals surface area contributed by atoms with Gasteiger partial charge in [0.2, 0.25) is 0 Å². The average molecular weight is 253 g/mol. The predicted molar refractivity (Wildman–Crippen MR) is 81.9 cm³/mol. The molecule has 1 heteroatoms. The van der Waals surface area contributed by atoms with Gasteiger partial charge in [-0.25, -0.2) is 0 Å². The largest absolute Gasteiger partial charge is 0.313 e. The normalized spacial score (nSPS) is 20.0. The molecule has 0 unspecified atom stereocenters. The summed E-state index contributed by atoms with van der Waals surface area (Å²) in [6.45, 7) is 13.1. The molecule has 1 rings (SSSR count). The molecule has 1 saturated carbocycles. The molecule has 0 aromatic rings. The topological polar surface area (TPSA) is 12.0 Å². The second kappa shape index (κ2) is 7.53. The van der Waals surface area contributed by atoms with E-state index < -0.39 is 0 Å². The first kappa shape index (κ1) is 16.0. The first-order valence-corrected chi connectivity index (χ1v) is 8.15. The molecule has 1 N–H and O–H groups in total. The van der Waals surface area contributed by atoms with E-state index in [9.17, 15) is 0 Å². The zero-order valence-corrected chi connectivity index (χ0v) is 13.4. The summed E-state index contributed by atoms with van der Waals surface area (Å²) in [4.78, 5) is 0. The van der Waals surface area contributed by atoms with Gasteiger partial charge in [0.15, 0.2) is 0 Å². The van der Waals surface area contributed by atoms with Crippen molar-refractivity contribution < 1.29 is 0 Å². The SMILES string of the molecule is CC(C)CC(CC(C)C)NCC1(C)CCCCC1. The lowest BCUT2D eigenvalue weighted by atomic mass is 9.75. The van der Waals surface area contributed by atoms with Crippen LogP contribution in [-0.4, -0.2) is 12.6 Å². The minimum atomic E-state index is 0.574. The van der Waals surface area contributed by atoms with Gasteiger partial charge in [0, 0.05) is 12.6 Å². The highest BCUT2D eigenvalue weighted by Crippen LogP contribution is 2.35. The maximum absolute atomic E-state index is 3.89. The van der Waals surface area contributed by atoms with Crippen LogP contribution in [0.25, 0.3) is 0 Å². The number of nitrogens with one attached hydrogen (secondary N) is 1. The lowest BCUT2D eigenvalue weighted by molar-refractivity contribution is 0.191. The van der Waals surface area contributed by atoms with Crippen LogP contribution in [0.2, 0.25) is 0 Å². The number of hydrogen-bond acceptors (Lipinski definition) is 1. The van der Waals surface area contributed by atoms with Crippen LogP contribution >= 0.6 is 0 Å². The molecule has 0 radical (unpaired) electrons. The Labute approximate surface area is 115 Å². The minimum absolute atomic E-state index is 0.574. The third kappa shape index (κ3) is 6.22. The molecule has 0 heterocycles. The van der Waals surface area contributed by atoms with E-state index in [-0.39, 0.29) is 0 Å². The molecule has 1 nitrogen and oxygen atoms in total. The summed E-state index contributed by atoms with van der Waals surface area (Å²) in [5.74, 6) is 1.61. The third-order valence-electron chi connectivity index (χ3n) is 4.39. The monoisotopic (exact) mass is 253 g/mol. The van der Waals surface area contributed by atoms with Gasteiger partial charge in [0.25, 0.3) is 0 Å². The molecule has 18 heavy (non-hydrogen) atoms. The van der Waals surface area contributed by atoms with Gasteiger partial charge >= 0.3 is 0 Å². The molecule has 0 spiro atoms. The summed E-state index contributed by atoms with van der Waals surface area (Å²) in [7, 11) is 0. The highest BCUT2D eigenvalue weighted by molar-refractivity contribution is 4.83. The van der Waals surface area contributed by atoms with Crippen LogP contribution in [0, 0.1) is 17.3 Å². The van der Waals surface area contributed by atoms with Crippen LogP contribution in [0.3, 0.4) is 0 Å². The second-order valence-electron chi connectivity index (χ2n) is 7.71. The predicted octanol–water partition coefficient (Wildman–Crippen LogP) is 5.01. The van der Waals surface area contributed by atoms with Crippen LogP contribution in [0.1, 0.15) is 79.6 Å². The van der Waals surface area contributed by atoms with Crippen LogP contribution in [-0.2, 0) is 0 Å². The molecule has 0 atom stereocenters. The number of hydrogen-bond donors (Lipinski definition) is 1. The quantitative estimate of drug-likeness (QED) is 0.672. The van der Waals surface area contributed by atoms with Crippen molar-refractivity contribution in [3.8, 4) is 0 Å². The molecule has 0 aromatic heterocycles. The number of rotatable bonds is 7. The van der Waals surface area contributed by atoms with Gasteiger partial charge in [0.1, 0.15) is 0 Å². The van der Waals surface area contributed by atoms with Crippen molar-refractivity contribution in [3.63, 3.8) is 0 Å². The summed E-state index contributed by atoms with van der Waals surface area (Å²) in [6.07, 6.45) is 9.85. The summed E-state index contributed by atoms with van der Waals surface area (Å²) in [5.41, 5.74) is 0.574. The van der Waals surface area contributed by atoms with E-state index in [4.69, 9.17) is 0 Å². The van der Waals surface area contributed by atoms with Crippen LogP contribution in [0.4, 0.5) is 0 Å². The van der Waals surface area contributed by atoms with Gasteiger partial charge in [-0.3, -0.25) is 0 Å². The molecule has 0 amide bonds. The van der Waals surface area contributed by atoms with Crippen molar-refractivity contribution in [1.29, 1.82) is 0 Å². The third-order valence-corrected chi connectivity index (χ3v) is 4.39. The highest BCUT2D eigenvalue weighted by atomic mass is 14.9. The van der Waals surface area contributed by atoms with Gasteiger partial charge in [0.05, 0.1) is 0 Å². The van der Waals surface area contributed by atoms with Crippen molar-refractivity contribution in [1.82, 2.24) is 5.32 Å². The van der Waals surface area contributed by atoms with E-state index in [1.807, 2.05) is 0 Å². The zero-order chi connectivity index (χ0) is 13.6. The Morgan fingerprint density at radius 2 is 1.39 bits per heavy atom. The van der Waals surface area contributed by atoms with Crippen LogP contribution in [0.15, 0.2) is 0 Å². The minimum Gasteiger partial charge on any atom is -0.313 e. The standard InChI is InChI=1S/C17H35N/c1-14(2)11-16(12-15(3)4)18-13-17(5)9-7-6-8-10-17/h14-16,18H,6-13H2,1-5H3. The molecule has 0 aliphatic heterocycles. The van der Waals surface area contributed by atoms with Gasteiger partial charge < -0.3 is 5.32 Å². The summed E-state index contributed by atoms with van der Waals surface area (Å²) < 4.78 is 0. The molecule has 108 valence electrons. The van der Waals surface area contributed by atoms with E-state index in [0.717, 1.165) is 17.9 Å². The van der Waals surface area contributed by atoms with Gasteiger partial charge in [-0.05, 0) is 42.9 Å². The summed E-state index contributed by atoms with van der Waals surface area (Å²) >= 11 is 0. The smallest absolute Gasteiger partial charge is 0.00721 e. The molecule has 0 bridgehead atoms. The van der Waals surface area contributed by atoms with E-state index in [1.165, 1.54) is 51.5 Å². The summed E-state index contributed by atoms with van der Waals surface area (Å²) in [6, 6.07) is 0.726. The zero-order valence-electron chi connectivity index (χ0n) is 13.4. The maximum Gasteiger partial charge on any atom is 0.00721 e. The maximum atomic E-state index is 3.89. The lowest BCUT2D eigenvalue weighted by Gasteiger charge is -2.36. The van der Waals surface area contributed by atoms with Crippen molar-refractivity contribution >= 4 is 0 Å². The van der Waals surface area contributed by atoms with E-state index in [2.05, 4.69) is 39.9 Å². The van der Waals surface area contributed by atoms with E-state index in [0.29, 0.717) is 5.41 Å². The Balaban J connectivity index is 2.39. The molecule has 0 saturated heterocycles. The van der Waals surface area contributed by atoms with Crippen molar-refractivity contribution in [2.45, 2.75) is 85.6 Å². The molecule has 1 fully saturated rings. The molecular formula is C17H35N. The molecule has 1 aliphatic rings. The first-order valence-electron chi connectivity index (χ1n) is 8.15. The highest BCUT2D eigenvalue weighted by Gasteiger charge is 2.27. The molecule has 0 aromatic carbocycles. The van der Waals surface area contributed by atoms with Gasteiger partial charge in [-0.2, -0.15) is 0 Å². The summed E-state index contributed by atoms with van der Waals surface area (Å²) in [5, 5.41) is 3.89. The molecular weight excluding hydrogens is 218 g/mol. The Morgan fingerprint density at radius 3 is 1.83 bits per heavy atom. The van der Waals surface area contributed by atoms with Gasteiger partial charge in [-0.15, -0.1) is 0 Å². The second-order valence-corrected chi connectivity index (χ2v) is 7.71. The Morgan fingerprint density at radius 1 is 0.889 bits per heavy atom. The lowest BCUT2D eigenvalue weighted by Crippen LogP contribution is -2.40. The molecule has 1 aliphatic carbocycles. The Hall–Kier alpha value is -0.0400. The fraction of sp³-hybridized carbons (Fsp3) is 1.00. The van der Waals surface area contributed by atoms with Crippen molar-refractivity contribution in [3.05, 3.63) is 0 Å². The van der Waals surface area contributed by atoms with Gasteiger partial charge in [-0.1, -0.05) is 53.9 Å². The van der Waals surface area contributed by atoms with E-state index in [1.54, 1.807) is 0 Å². The van der Waals surface area contributed by atoms with Crippen LogP contribution < -0.4 is 5.32 Å². The average Bonchev–Trinajstić information content (AvgIpc) is 2.26. The fourth-order valence-electron chi connectivity index (χ4n) is 3.37. The fourth-order valence-corrected chi connectivity index (χ4v) is 3.37. The first-order chi connectivity index (χ1) is 8.41. The van der Waals surface area contributed by atoms with E-state index >= 15 is 0 Å². The van der Waals surface area contributed by atoms with Crippen LogP contribution in [0.5, 0.6) is 0 Å².